The molecule has 1 nitrogen and oxygen atoms in total. The monoisotopic (exact) mass is 244 g/mol. The first-order chi connectivity index (χ1) is 7.84. The van der Waals surface area contributed by atoms with Crippen LogP contribution in [0.15, 0.2) is 36.4 Å². The highest BCUT2D eigenvalue weighted by Crippen LogP contribution is 2.31. The molecule has 1 aromatic carbocycles. The summed E-state index contributed by atoms with van der Waals surface area (Å²) < 4.78 is 37.4. The van der Waals surface area contributed by atoms with E-state index in [4.69, 9.17) is 0 Å². The second-order valence-electron chi connectivity index (χ2n) is 3.95. The first-order valence-electron chi connectivity index (χ1n) is 5.36. The van der Waals surface area contributed by atoms with Crippen LogP contribution in [0, 0.1) is 0 Å². The number of alkyl halides is 3. The SMILES string of the molecule is C=C(CC)CC(O)c1cccc(C(F)(F)F)c1. The number of hydrogen-bond acceptors (Lipinski definition) is 1. The molecular formula is C13H15F3O. The molecule has 0 fully saturated rings. The fourth-order valence-electron chi connectivity index (χ4n) is 1.46. The average molecular weight is 244 g/mol. The van der Waals surface area contributed by atoms with Crippen LogP contribution in [0.25, 0.3) is 0 Å². The summed E-state index contributed by atoms with van der Waals surface area (Å²) in [7, 11) is 0. The zero-order valence-electron chi connectivity index (χ0n) is 9.59. The van der Waals surface area contributed by atoms with Crippen LogP contribution in [0.4, 0.5) is 13.2 Å². The maximum Gasteiger partial charge on any atom is 0.416 e. The molecule has 1 atom stereocenters. The lowest BCUT2D eigenvalue weighted by Gasteiger charge is -2.14. The minimum atomic E-state index is -4.38. The zero-order valence-corrected chi connectivity index (χ0v) is 9.59. The average Bonchev–Trinajstić information content (AvgIpc) is 2.28. The Morgan fingerprint density at radius 3 is 2.59 bits per heavy atom. The standard InChI is InChI=1S/C13H15F3O/c1-3-9(2)7-12(17)10-5-4-6-11(8-10)13(14,15)16/h4-6,8,12,17H,2-3,7H2,1H3. The molecule has 0 aliphatic carbocycles. The van der Waals surface area contributed by atoms with Gasteiger partial charge in [0.1, 0.15) is 0 Å². The molecule has 1 aromatic rings. The van der Waals surface area contributed by atoms with Crippen LogP contribution in [0.5, 0.6) is 0 Å². The maximum atomic E-state index is 12.5. The van der Waals surface area contributed by atoms with Crippen molar-refractivity contribution in [1.82, 2.24) is 0 Å². The van der Waals surface area contributed by atoms with E-state index in [2.05, 4.69) is 6.58 Å². The van der Waals surface area contributed by atoms with Crippen molar-refractivity contribution in [2.45, 2.75) is 32.0 Å². The molecule has 0 spiro atoms. The number of rotatable bonds is 4. The molecule has 0 saturated carbocycles. The van der Waals surface area contributed by atoms with E-state index in [0.29, 0.717) is 6.42 Å². The lowest BCUT2D eigenvalue weighted by atomic mass is 9.99. The first-order valence-corrected chi connectivity index (χ1v) is 5.36. The van der Waals surface area contributed by atoms with Crippen LogP contribution < -0.4 is 0 Å². The number of halogens is 3. The molecule has 4 heteroatoms. The van der Waals surface area contributed by atoms with Gasteiger partial charge in [0.05, 0.1) is 11.7 Å². The van der Waals surface area contributed by atoms with Crippen LogP contribution in [0.2, 0.25) is 0 Å². The van der Waals surface area contributed by atoms with E-state index in [-0.39, 0.29) is 12.0 Å². The van der Waals surface area contributed by atoms with Gasteiger partial charge >= 0.3 is 6.18 Å². The van der Waals surface area contributed by atoms with Crippen molar-refractivity contribution in [1.29, 1.82) is 0 Å². The van der Waals surface area contributed by atoms with E-state index in [1.54, 1.807) is 0 Å². The smallest absolute Gasteiger partial charge is 0.388 e. The number of aliphatic hydroxyl groups excluding tert-OH is 1. The van der Waals surface area contributed by atoms with Crippen molar-refractivity contribution >= 4 is 0 Å². The minimum Gasteiger partial charge on any atom is -0.388 e. The van der Waals surface area contributed by atoms with E-state index < -0.39 is 17.8 Å². The summed E-state index contributed by atoms with van der Waals surface area (Å²) in [5, 5.41) is 9.78. The molecule has 0 aromatic heterocycles. The molecule has 1 unspecified atom stereocenters. The Kier molecular flexibility index (Phi) is 4.34. The van der Waals surface area contributed by atoms with Crippen molar-refractivity contribution in [3.8, 4) is 0 Å². The Labute approximate surface area is 98.6 Å². The third kappa shape index (κ3) is 3.89. The van der Waals surface area contributed by atoms with Gasteiger partial charge in [0, 0.05) is 0 Å². The fraction of sp³-hybridized carbons (Fsp3) is 0.385. The Hall–Kier alpha value is -1.29. The molecule has 94 valence electrons. The van der Waals surface area contributed by atoms with Crippen LogP contribution in [0.3, 0.4) is 0 Å². The van der Waals surface area contributed by atoms with Gasteiger partial charge in [-0.1, -0.05) is 31.2 Å². The van der Waals surface area contributed by atoms with Gasteiger partial charge < -0.3 is 5.11 Å². The van der Waals surface area contributed by atoms with Crippen molar-refractivity contribution < 1.29 is 18.3 Å². The van der Waals surface area contributed by atoms with E-state index in [1.807, 2.05) is 6.92 Å². The summed E-state index contributed by atoms with van der Waals surface area (Å²) in [6, 6.07) is 4.76. The molecule has 0 aliphatic heterocycles. The van der Waals surface area contributed by atoms with Crippen molar-refractivity contribution in [2.24, 2.45) is 0 Å². The Morgan fingerprint density at radius 2 is 2.06 bits per heavy atom. The summed E-state index contributed by atoms with van der Waals surface area (Å²) in [6.45, 7) is 5.62. The third-order valence-corrected chi connectivity index (χ3v) is 2.58. The van der Waals surface area contributed by atoms with Gasteiger partial charge in [-0.05, 0) is 30.5 Å². The lowest BCUT2D eigenvalue weighted by molar-refractivity contribution is -0.137. The highest BCUT2D eigenvalue weighted by Gasteiger charge is 2.30. The van der Waals surface area contributed by atoms with Gasteiger partial charge in [0.2, 0.25) is 0 Å². The summed E-state index contributed by atoms with van der Waals surface area (Å²) in [4.78, 5) is 0. The molecule has 0 heterocycles. The highest BCUT2D eigenvalue weighted by molar-refractivity contribution is 5.27. The summed E-state index contributed by atoms with van der Waals surface area (Å²) in [5.74, 6) is 0. The van der Waals surface area contributed by atoms with Gasteiger partial charge in [0.25, 0.3) is 0 Å². The molecule has 1 rings (SSSR count). The molecule has 0 saturated heterocycles. The largest absolute Gasteiger partial charge is 0.416 e. The van der Waals surface area contributed by atoms with Crippen LogP contribution >= 0.6 is 0 Å². The molecule has 0 bridgehead atoms. The summed E-state index contributed by atoms with van der Waals surface area (Å²) >= 11 is 0. The molecule has 0 amide bonds. The van der Waals surface area contributed by atoms with Gasteiger partial charge in [0.15, 0.2) is 0 Å². The van der Waals surface area contributed by atoms with Crippen LogP contribution in [-0.4, -0.2) is 5.11 Å². The molecule has 0 aliphatic rings. The van der Waals surface area contributed by atoms with Crippen molar-refractivity contribution in [3.05, 3.63) is 47.5 Å². The quantitative estimate of drug-likeness (QED) is 0.791. The highest BCUT2D eigenvalue weighted by atomic mass is 19.4. The van der Waals surface area contributed by atoms with Crippen molar-refractivity contribution in [2.75, 3.05) is 0 Å². The van der Waals surface area contributed by atoms with Gasteiger partial charge in [-0.2, -0.15) is 13.2 Å². The predicted molar refractivity (Wildman–Crippen MR) is 60.5 cm³/mol. The number of hydrogen-bond donors (Lipinski definition) is 1. The molecular weight excluding hydrogens is 229 g/mol. The summed E-state index contributed by atoms with van der Waals surface area (Å²) in [6.07, 6.45) is -4.31. The van der Waals surface area contributed by atoms with E-state index in [0.717, 1.165) is 17.7 Å². The maximum absolute atomic E-state index is 12.5. The lowest BCUT2D eigenvalue weighted by Crippen LogP contribution is -2.07. The van der Waals surface area contributed by atoms with Gasteiger partial charge in [-0.15, -0.1) is 0 Å². The fourth-order valence-corrected chi connectivity index (χ4v) is 1.46. The zero-order chi connectivity index (χ0) is 13.1. The minimum absolute atomic E-state index is 0.273. The van der Waals surface area contributed by atoms with Crippen LogP contribution in [0.1, 0.15) is 37.0 Å². The predicted octanol–water partition coefficient (Wildman–Crippen LogP) is 4.10. The Balaban J connectivity index is 2.88. The molecule has 1 N–H and O–H groups in total. The molecule has 0 radical (unpaired) electrons. The topological polar surface area (TPSA) is 20.2 Å². The van der Waals surface area contributed by atoms with Crippen molar-refractivity contribution in [3.63, 3.8) is 0 Å². The van der Waals surface area contributed by atoms with Gasteiger partial charge in [-0.3, -0.25) is 0 Å². The summed E-state index contributed by atoms with van der Waals surface area (Å²) in [5.41, 5.74) is 0.348. The van der Waals surface area contributed by atoms with E-state index in [1.165, 1.54) is 12.1 Å². The number of aliphatic hydroxyl groups is 1. The first kappa shape index (κ1) is 13.8. The second-order valence-corrected chi connectivity index (χ2v) is 3.95. The molecule has 17 heavy (non-hydrogen) atoms. The van der Waals surface area contributed by atoms with E-state index >= 15 is 0 Å². The second kappa shape index (κ2) is 5.36. The van der Waals surface area contributed by atoms with Crippen LogP contribution in [-0.2, 0) is 6.18 Å². The van der Waals surface area contributed by atoms with E-state index in [9.17, 15) is 18.3 Å². The van der Waals surface area contributed by atoms with Gasteiger partial charge in [-0.25, -0.2) is 0 Å². The Bertz CT molecular complexity index is 396. The normalized spacial score (nSPS) is 13.5. The number of benzene rings is 1. The Morgan fingerprint density at radius 1 is 1.41 bits per heavy atom. The third-order valence-electron chi connectivity index (χ3n) is 2.58.